The Hall–Kier alpha value is -2.83. The summed E-state index contributed by atoms with van der Waals surface area (Å²) in [6.07, 6.45) is 3.31. The second-order valence-electron chi connectivity index (χ2n) is 5.65. The highest BCUT2D eigenvalue weighted by molar-refractivity contribution is 6.42. The number of benzene rings is 2. The Morgan fingerprint density at radius 2 is 2.00 bits per heavy atom. The number of hydrogen-bond donors (Lipinski definition) is 2. The van der Waals surface area contributed by atoms with Crippen molar-refractivity contribution in [2.75, 3.05) is 7.11 Å². The molecular weight excluding hydrogens is 387 g/mol. The molecule has 2 N–H and O–H groups in total. The third kappa shape index (κ3) is 4.87. The zero-order valence-corrected chi connectivity index (χ0v) is 15.9. The second-order valence-corrected chi connectivity index (χ2v) is 6.46. The molecule has 1 amide bonds. The SMILES string of the molecule is COc1ccc(-c2[nH]ncc2/C=N\NC(=O)Cc2ccc(Cl)c(Cl)c2)cc1. The van der Waals surface area contributed by atoms with Crippen molar-refractivity contribution in [3.8, 4) is 17.0 Å². The highest BCUT2D eigenvalue weighted by atomic mass is 35.5. The summed E-state index contributed by atoms with van der Waals surface area (Å²) in [7, 11) is 1.62. The maximum atomic E-state index is 12.0. The van der Waals surface area contributed by atoms with Crippen LogP contribution in [0.15, 0.2) is 53.8 Å². The van der Waals surface area contributed by atoms with Crippen LogP contribution in [-0.4, -0.2) is 29.4 Å². The number of ether oxygens (including phenoxy) is 1. The van der Waals surface area contributed by atoms with Gasteiger partial charge in [-0.15, -0.1) is 0 Å². The third-order valence-corrected chi connectivity index (χ3v) is 4.53. The molecule has 1 heterocycles. The summed E-state index contributed by atoms with van der Waals surface area (Å²) in [5, 5.41) is 11.8. The van der Waals surface area contributed by atoms with Gasteiger partial charge in [0.15, 0.2) is 0 Å². The lowest BCUT2D eigenvalue weighted by molar-refractivity contribution is -0.120. The van der Waals surface area contributed by atoms with Crippen LogP contribution < -0.4 is 10.2 Å². The lowest BCUT2D eigenvalue weighted by Crippen LogP contribution is -2.19. The normalized spacial score (nSPS) is 10.9. The fraction of sp³-hybridized carbons (Fsp3) is 0.105. The van der Waals surface area contributed by atoms with Crippen LogP contribution in [0.1, 0.15) is 11.1 Å². The number of aromatic nitrogens is 2. The molecule has 0 unspecified atom stereocenters. The van der Waals surface area contributed by atoms with Gasteiger partial charge in [-0.3, -0.25) is 9.89 Å². The number of H-pyrrole nitrogens is 1. The molecule has 0 saturated carbocycles. The van der Waals surface area contributed by atoms with Crippen LogP contribution in [0.4, 0.5) is 0 Å². The summed E-state index contributed by atoms with van der Waals surface area (Å²) in [6, 6.07) is 12.6. The molecule has 3 aromatic rings. The van der Waals surface area contributed by atoms with E-state index in [0.717, 1.165) is 28.1 Å². The molecule has 0 bridgehead atoms. The predicted molar refractivity (Wildman–Crippen MR) is 106 cm³/mol. The van der Waals surface area contributed by atoms with E-state index in [1.807, 2.05) is 24.3 Å². The minimum Gasteiger partial charge on any atom is -0.497 e. The Morgan fingerprint density at radius 1 is 1.22 bits per heavy atom. The van der Waals surface area contributed by atoms with Gasteiger partial charge in [-0.25, -0.2) is 5.43 Å². The third-order valence-electron chi connectivity index (χ3n) is 3.79. The van der Waals surface area contributed by atoms with Gasteiger partial charge in [0.1, 0.15) is 5.75 Å². The molecule has 0 aliphatic heterocycles. The topological polar surface area (TPSA) is 79.4 Å². The van der Waals surface area contributed by atoms with E-state index in [1.165, 1.54) is 6.21 Å². The van der Waals surface area contributed by atoms with E-state index < -0.39 is 0 Å². The largest absolute Gasteiger partial charge is 0.497 e. The molecule has 6 nitrogen and oxygen atoms in total. The van der Waals surface area contributed by atoms with Gasteiger partial charge >= 0.3 is 0 Å². The van der Waals surface area contributed by atoms with E-state index in [-0.39, 0.29) is 12.3 Å². The van der Waals surface area contributed by atoms with Crippen LogP contribution in [0.2, 0.25) is 10.0 Å². The summed E-state index contributed by atoms with van der Waals surface area (Å²) in [4.78, 5) is 12.0. The zero-order chi connectivity index (χ0) is 19.2. The molecule has 0 atom stereocenters. The highest BCUT2D eigenvalue weighted by Crippen LogP contribution is 2.23. The van der Waals surface area contributed by atoms with Gasteiger partial charge in [-0.2, -0.15) is 10.2 Å². The number of carbonyl (C=O) groups is 1. The van der Waals surface area contributed by atoms with Gasteiger partial charge in [0.2, 0.25) is 5.91 Å². The lowest BCUT2D eigenvalue weighted by Gasteiger charge is -2.03. The monoisotopic (exact) mass is 402 g/mol. The van der Waals surface area contributed by atoms with Crippen molar-refractivity contribution in [2.45, 2.75) is 6.42 Å². The minimum atomic E-state index is -0.265. The Labute approximate surface area is 166 Å². The number of halogens is 2. The van der Waals surface area contributed by atoms with Gasteiger partial charge in [-0.05, 0) is 42.0 Å². The molecule has 138 valence electrons. The molecule has 0 saturated heterocycles. The first kappa shape index (κ1) is 18.9. The number of rotatable bonds is 6. The molecular formula is C19H16Cl2N4O2. The number of nitrogens with one attached hydrogen (secondary N) is 2. The number of hydrogen-bond acceptors (Lipinski definition) is 4. The van der Waals surface area contributed by atoms with Crippen LogP contribution in [-0.2, 0) is 11.2 Å². The Morgan fingerprint density at radius 3 is 2.70 bits per heavy atom. The Balaban J connectivity index is 1.63. The summed E-state index contributed by atoms with van der Waals surface area (Å²) >= 11 is 11.8. The molecule has 1 aromatic heterocycles. The van der Waals surface area contributed by atoms with Crippen LogP contribution in [0.25, 0.3) is 11.3 Å². The smallest absolute Gasteiger partial charge is 0.244 e. The molecule has 0 spiro atoms. The molecule has 0 fully saturated rings. The van der Waals surface area contributed by atoms with Gasteiger partial charge in [0.25, 0.3) is 0 Å². The zero-order valence-electron chi connectivity index (χ0n) is 14.4. The number of nitrogens with zero attached hydrogens (tertiary/aromatic N) is 2. The van der Waals surface area contributed by atoms with E-state index in [9.17, 15) is 4.79 Å². The first-order chi connectivity index (χ1) is 13.1. The van der Waals surface area contributed by atoms with E-state index in [0.29, 0.717) is 10.0 Å². The van der Waals surface area contributed by atoms with Gasteiger partial charge in [0.05, 0.1) is 41.7 Å². The van der Waals surface area contributed by atoms with Crippen LogP contribution in [0, 0.1) is 0 Å². The standard InChI is InChI=1S/C19H16Cl2N4O2/c1-27-15-5-3-13(4-6-15)19-14(11-23-25-19)10-22-24-18(26)9-12-2-7-16(20)17(21)8-12/h2-8,10-11H,9H2,1H3,(H,23,25)(H,24,26)/b22-10-. The number of carbonyl (C=O) groups excluding carboxylic acids is 1. The Bertz CT molecular complexity index is 968. The second kappa shape index (κ2) is 8.70. The predicted octanol–water partition coefficient (Wildman–Crippen LogP) is 4.08. The summed E-state index contributed by atoms with van der Waals surface area (Å²) in [5.74, 6) is 0.502. The minimum absolute atomic E-state index is 0.144. The van der Waals surface area contributed by atoms with Gasteiger partial charge in [-0.1, -0.05) is 29.3 Å². The maximum absolute atomic E-state index is 12.0. The molecule has 0 radical (unpaired) electrons. The van der Waals surface area contributed by atoms with Crippen molar-refractivity contribution in [1.82, 2.24) is 15.6 Å². The van der Waals surface area contributed by atoms with E-state index in [4.69, 9.17) is 27.9 Å². The van der Waals surface area contributed by atoms with Crippen molar-refractivity contribution in [3.05, 3.63) is 69.8 Å². The van der Waals surface area contributed by atoms with Gasteiger partial charge < -0.3 is 4.74 Å². The Kier molecular flexibility index (Phi) is 6.11. The van der Waals surface area contributed by atoms with E-state index >= 15 is 0 Å². The summed E-state index contributed by atoms with van der Waals surface area (Å²) < 4.78 is 5.16. The van der Waals surface area contributed by atoms with Crippen molar-refractivity contribution < 1.29 is 9.53 Å². The lowest BCUT2D eigenvalue weighted by atomic mass is 10.1. The number of aromatic amines is 1. The van der Waals surface area contributed by atoms with Crippen molar-refractivity contribution in [1.29, 1.82) is 0 Å². The fourth-order valence-electron chi connectivity index (χ4n) is 2.43. The van der Waals surface area contributed by atoms with Crippen molar-refractivity contribution in [2.24, 2.45) is 5.10 Å². The highest BCUT2D eigenvalue weighted by Gasteiger charge is 2.07. The molecule has 0 aliphatic carbocycles. The van der Waals surface area contributed by atoms with Crippen LogP contribution >= 0.6 is 23.2 Å². The van der Waals surface area contributed by atoms with Gasteiger partial charge in [0, 0.05) is 11.1 Å². The number of methoxy groups -OCH3 is 1. The molecule has 0 aliphatic rings. The molecule has 2 aromatic carbocycles. The first-order valence-electron chi connectivity index (χ1n) is 8.00. The van der Waals surface area contributed by atoms with E-state index in [2.05, 4.69) is 20.7 Å². The maximum Gasteiger partial charge on any atom is 0.244 e. The number of amides is 1. The average Bonchev–Trinajstić information content (AvgIpc) is 3.13. The van der Waals surface area contributed by atoms with Crippen molar-refractivity contribution >= 4 is 35.3 Å². The van der Waals surface area contributed by atoms with Crippen molar-refractivity contribution in [3.63, 3.8) is 0 Å². The molecule has 8 heteroatoms. The average molecular weight is 403 g/mol. The number of hydrazone groups is 1. The summed E-state index contributed by atoms with van der Waals surface area (Å²) in [5.41, 5.74) is 5.71. The summed E-state index contributed by atoms with van der Waals surface area (Å²) in [6.45, 7) is 0. The molecule has 3 rings (SSSR count). The first-order valence-corrected chi connectivity index (χ1v) is 8.76. The van der Waals surface area contributed by atoms with Crippen LogP contribution in [0.5, 0.6) is 5.75 Å². The molecule has 27 heavy (non-hydrogen) atoms. The fourth-order valence-corrected chi connectivity index (χ4v) is 2.75. The van der Waals surface area contributed by atoms with Crippen LogP contribution in [0.3, 0.4) is 0 Å². The quantitative estimate of drug-likeness (QED) is 0.481. The van der Waals surface area contributed by atoms with E-state index in [1.54, 1.807) is 31.5 Å².